The molecule has 0 aromatic heterocycles. The Bertz CT molecular complexity index is 415. The van der Waals surface area contributed by atoms with Crippen molar-refractivity contribution in [3.05, 3.63) is 32.5 Å². The van der Waals surface area contributed by atoms with Gasteiger partial charge in [-0.15, -0.1) is 0 Å². The predicted molar refractivity (Wildman–Crippen MR) is 67.5 cm³/mol. The summed E-state index contributed by atoms with van der Waals surface area (Å²) in [6.07, 6.45) is 1.60. The number of hydrogen-bond donors (Lipinski definition) is 2. The van der Waals surface area contributed by atoms with Crippen LogP contribution >= 0.6 is 15.9 Å². The third-order valence-electron chi connectivity index (χ3n) is 2.18. The molecular weight excluding hydrogens is 293 g/mol. The molecule has 0 bridgehead atoms. The number of nitro groups is 1. The monoisotopic (exact) mass is 305 g/mol. The van der Waals surface area contributed by atoms with Crippen molar-refractivity contribution in [3.8, 4) is 0 Å². The molecule has 0 aliphatic carbocycles. The van der Waals surface area contributed by atoms with E-state index in [-0.39, 0.29) is 15.8 Å². The fourth-order valence-corrected chi connectivity index (χ4v) is 1.65. The molecule has 17 heavy (non-hydrogen) atoms. The first-order valence-corrected chi connectivity index (χ1v) is 5.93. The summed E-state index contributed by atoms with van der Waals surface area (Å²) < 4.78 is 13.3. The Morgan fingerprint density at radius 2 is 2.18 bits per heavy atom. The van der Waals surface area contributed by atoms with Crippen molar-refractivity contribution in [1.82, 2.24) is 0 Å². The number of unbranched alkanes of at least 4 members (excludes halogenated alkanes) is 1. The van der Waals surface area contributed by atoms with E-state index >= 15 is 0 Å². The van der Waals surface area contributed by atoms with Crippen LogP contribution in [-0.4, -0.2) is 18.0 Å². The molecule has 0 atom stereocenters. The fraction of sp³-hybridized carbons (Fsp3) is 0.400. The highest BCUT2D eigenvalue weighted by molar-refractivity contribution is 9.10. The first kappa shape index (κ1) is 13.9. The van der Waals surface area contributed by atoms with Gasteiger partial charge in [-0.3, -0.25) is 10.1 Å². The molecule has 0 radical (unpaired) electrons. The van der Waals surface area contributed by atoms with E-state index in [9.17, 15) is 14.5 Å². The van der Waals surface area contributed by atoms with Gasteiger partial charge >= 0.3 is 0 Å². The average molecular weight is 306 g/mol. The second kappa shape index (κ2) is 6.51. The third kappa shape index (κ3) is 3.94. The van der Waals surface area contributed by atoms with Crippen molar-refractivity contribution in [2.45, 2.75) is 12.8 Å². The van der Waals surface area contributed by atoms with Crippen molar-refractivity contribution in [2.24, 2.45) is 5.73 Å². The minimum atomic E-state index is -0.546. The van der Waals surface area contributed by atoms with Crippen LogP contribution in [0.4, 0.5) is 15.8 Å². The van der Waals surface area contributed by atoms with Gasteiger partial charge in [0.05, 0.1) is 9.40 Å². The number of nitrogens with two attached hydrogens (primary N) is 1. The second-order valence-corrected chi connectivity index (χ2v) is 4.32. The van der Waals surface area contributed by atoms with Crippen molar-refractivity contribution < 1.29 is 9.31 Å². The maximum absolute atomic E-state index is 13.3. The maximum Gasteiger partial charge on any atom is 0.293 e. The Morgan fingerprint density at radius 1 is 1.47 bits per heavy atom. The van der Waals surface area contributed by atoms with E-state index in [2.05, 4.69) is 21.2 Å². The normalized spacial score (nSPS) is 10.3. The summed E-state index contributed by atoms with van der Waals surface area (Å²) in [6, 6.07) is 2.27. The molecule has 1 aromatic carbocycles. The third-order valence-corrected chi connectivity index (χ3v) is 2.79. The Morgan fingerprint density at radius 3 is 2.76 bits per heavy atom. The van der Waals surface area contributed by atoms with Crippen molar-refractivity contribution in [1.29, 1.82) is 0 Å². The molecule has 3 N–H and O–H groups in total. The number of benzene rings is 1. The minimum Gasteiger partial charge on any atom is -0.379 e. The summed E-state index contributed by atoms with van der Waals surface area (Å²) in [5, 5.41) is 13.6. The quantitative estimate of drug-likeness (QED) is 0.481. The molecule has 0 heterocycles. The molecule has 0 saturated heterocycles. The van der Waals surface area contributed by atoms with Crippen LogP contribution in [0.25, 0.3) is 0 Å². The lowest BCUT2D eigenvalue weighted by Crippen LogP contribution is -2.07. The molecule has 0 aliphatic heterocycles. The van der Waals surface area contributed by atoms with E-state index in [0.29, 0.717) is 13.1 Å². The Labute approximate surface area is 106 Å². The highest BCUT2D eigenvalue weighted by atomic mass is 79.9. The Hall–Kier alpha value is -1.21. The SMILES string of the molecule is NCCCCNc1cc(F)c(Br)cc1[N+](=O)[O-]. The van der Waals surface area contributed by atoms with Gasteiger partial charge in [0.15, 0.2) is 0 Å². The van der Waals surface area contributed by atoms with E-state index in [1.807, 2.05) is 0 Å². The van der Waals surface area contributed by atoms with E-state index in [0.717, 1.165) is 25.0 Å². The van der Waals surface area contributed by atoms with Gasteiger partial charge in [0.1, 0.15) is 11.5 Å². The van der Waals surface area contributed by atoms with E-state index in [1.165, 1.54) is 0 Å². The van der Waals surface area contributed by atoms with Crippen LogP contribution in [0.2, 0.25) is 0 Å². The molecular formula is C10H13BrFN3O2. The molecule has 5 nitrogen and oxygen atoms in total. The van der Waals surface area contributed by atoms with Crippen LogP contribution in [0.15, 0.2) is 16.6 Å². The highest BCUT2D eigenvalue weighted by Crippen LogP contribution is 2.30. The molecule has 0 spiro atoms. The van der Waals surface area contributed by atoms with Gasteiger partial charge in [0, 0.05) is 18.7 Å². The topological polar surface area (TPSA) is 81.2 Å². The summed E-state index contributed by atoms with van der Waals surface area (Å²) in [7, 11) is 0. The fourth-order valence-electron chi connectivity index (χ4n) is 1.32. The number of rotatable bonds is 6. The van der Waals surface area contributed by atoms with Crippen LogP contribution in [0.5, 0.6) is 0 Å². The van der Waals surface area contributed by atoms with E-state index < -0.39 is 10.7 Å². The number of nitro benzene ring substituents is 1. The first-order valence-electron chi connectivity index (χ1n) is 5.13. The van der Waals surface area contributed by atoms with E-state index in [4.69, 9.17) is 5.73 Å². The average Bonchev–Trinajstić information content (AvgIpc) is 2.28. The molecule has 0 saturated carbocycles. The Kier molecular flexibility index (Phi) is 5.30. The number of anilines is 1. The Balaban J connectivity index is 2.81. The van der Waals surface area contributed by atoms with Crippen LogP contribution in [0.1, 0.15) is 12.8 Å². The van der Waals surface area contributed by atoms with Crippen LogP contribution in [-0.2, 0) is 0 Å². The molecule has 7 heteroatoms. The highest BCUT2D eigenvalue weighted by Gasteiger charge is 2.16. The summed E-state index contributed by atoms with van der Waals surface area (Å²) >= 11 is 2.92. The van der Waals surface area contributed by atoms with Crippen LogP contribution < -0.4 is 11.1 Å². The number of hydrogen-bond acceptors (Lipinski definition) is 4. The van der Waals surface area contributed by atoms with E-state index in [1.54, 1.807) is 0 Å². The number of nitrogens with zero attached hydrogens (tertiary/aromatic N) is 1. The lowest BCUT2D eigenvalue weighted by atomic mass is 10.2. The van der Waals surface area contributed by atoms with Gasteiger partial charge in [-0.25, -0.2) is 4.39 Å². The summed E-state index contributed by atoms with van der Waals surface area (Å²) in [6.45, 7) is 1.09. The zero-order valence-corrected chi connectivity index (χ0v) is 10.7. The molecule has 1 aromatic rings. The van der Waals surface area contributed by atoms with Crippen LogP contribution in [0, 0.1) is 15.9 Å². The minimum absolute atomic E-state index is 0.0803. The van der Waals surface area contributed by atoms with Gasteiger partial charge in [-0.1, -0.05) is 0 Å². The lowest BCUT2D eigenvalue weighted by molar-refractivity contribution is -0.384. The smallest absolute Gasteiger partial charge is 0.293 e. The van der Waals surface area contributed by atoms with Crippen molar-refractivity contribution >= 4 is 27.3 Å². The van der Waals surface area contributed by atoms with Crippen molar-refractivity contribution in [3.63, 3.8) is 0 Å². The largest absolute Gasteiger partial charge is 0.379 e. The van der Waals surface area contributed by atoms with Gasteiger partial charge in [-0.2, -0.15) is 0 Å². The standard InChI is InChI=1S/C10H13BrFN3O2/c11-7-5-10(15(16)17)9(6-8(7)12)14-4-2-1-3-13/h5-6,14H,1-4,13H2. The number of nitrogens with one attached hydrogen (secondary N) is 1. The van der Waals surface area contributed by atoms with Gasteiger partial charge < -0.3 is 11.1 Å². The number of halogens is 2. The maximum atomic E-state index is 13.3. The summed E-state index contributed by atoms with van der Waals surface area (Å²) in [5.74, 6) is -0.531. The summed E-state index contributed by atoms with van der Waals surface area (Å²) in [5.41, 5.74) is 5.37. The van der Waals surface area contributed by atoms with Crippen molar-refractivity contribution in [2.75, 3.05) is 18.4 Å². The first-order chi connectivity index (χ1) is 8.06. The molecule has 0 fully saturated rings. The van der Waals surface area contributed by atoms with Gasteiger partial charge in [-0.05, 0) is 35.3 Å². The predicted octanol–water partition coefficient (Wildman–Crippen LogP) is 2.65. The molecule has 94 valence electrons. The summed E-state index contributed by atoms with van der Waals surface area (Å²) in [4.78, 5) is 10.2. The second-order valence-electron chi connectivity index (χ2n) is 3.46. The van der Waals surface area contributed by atoms with Gasteiger partial charge in [0.25, 0.3) is 5.69 Å². The molecule has 0 unspecified atom stereocenters. The zero-order valence-electron chi connectivity index (χ0n) is 9.08. The molecule has 0 amide bonds. The lowest BCUT2D eigenvalue weighted by Gasteiger charge is -2.07. The zero-order chi connectivity index (χ0) is 12.8. The molecule has 1 rings (SSSR count). The van der Waals surface area contributed by atoms with Crippen LogP contribution in [0.3, 0.4) is 0 Å². The van der Waals surface area contributed by atoms with Gasteiger partial charge in [0.2, 0.25) is 0 Å². The molecule has 0 aliphatic rings.